The largest absolute Gasteiger partial charge is 0.370 e. The van der Waals surface area contributed by atoms with Gasteiger partial charge in [0.05, 0.1) is 11.3 Å². The van der Waals surface area contributed by atoms with Crippen LogP contribution in [0.4, 0.5) is 5.69 Å². The van der Waals surface area contributed by atoms with Gasteiger partial charge in [-0.05, 0) is 36.0 Å². The first-order valence-electron chi connectivity index (χ1n) is 6.36. The van der Waals surface area contributed by atoms with Crippen molar-refractivity contribution >= 4 is 21.6 Å². The van der Waals surface area contributed by atoms with Crippen LogP contribution in [0.3, 0.4) is 0 Å². The van der Waals surface area contributed by atoms with E-state index >= 15 is 0 Å². The summed E-state index contributed by atoms with van der Waals surface area (Å²) in [4.78, 5) is 2.35. The lowest BCUT2D eigenvalue weighted by molar-refractivity contribution is 0.263. The molecule has 0 amide bonds. The average molecular weight is 307 g/mol. The van der Waals surface area contributed by atoms with Crippen LogP contribution < -0.4 is 4.90 Å². The first-order chi connectivity index (χ1) is 8.41. The van der Waals surface area contributed by atoms with Gasteiger partial charge in [-0.3, -0.25) is 0 Å². The van der Waals surface area contributed by atoms with Crippen LogP contribution in [0.5, 0.6) is 0 Å². The maximum absolute atomic E-state index is 9.20. The van der Waals surface area contributed by atoms with E-state index in [0.717, 1.165) is 28.8 Å². The third-order valence-corrected chi connectivity index (χ3v) is 4.33. The SMILES string of the molecule is CC(C)(C)C1CCN(c2cc(Br)ccc2C#N)C1. The highest BCUT2D eigenvalue weighted by atomic mass is 79.9. The van der Waals surface area contributed by atoms with Crippen LogP contribution in [0.25, 0.3) is 0 Å². The Morgan fingerprint density at radius 1 is 1.39 bits per heavy atom. The number of nitriles is 1. The number of hydrogen-bond acceptors (Lipinski definition) is 2. The van der Waals surface area contributed by atoms with Crippen molar-refractivity contribution in [1.82, 2.24) is 0 Å². The van der Waals surface area contributed by atoms with Gasteiger partial charge in [-0.15, -0.1) is 0 Å². The molecular weight excluding hydrogens is 288 g/mol. The van der Waals surface area contributed by atoms with E-state index in [2.05, 4.69) is 53.7 Å². The van der Waals surface area contributed by atoms with Crippen molar-refractivity contribution in [3.05, 3.63) is 28.2 Å². The third-order valence-electron chi connectivity index (χ3n) is 3.83. The van der Waals surface area contributed by atoms with Crippen molar-refractivity contribution in [3.8, 4) is 6.07 Å². The van der Waals surface area contributed by atoms with Gasteiger partial charge in [-0.1, -0.05) is 36.7 Å². The van der Waals surface area contributed by atoms with Crippen molar-refractivity contribution < 1.29 is 0 Å². The standard InChI is InChI=1S/C15H19BrN2/c1-15(2,3)12-6-7-18(10-12)14-8-13(16)5-4-11(14)9-17/h4-5,8,12H,6-7,10H2,1-3H3. The molecule has 0 saturated carbocycles. The first-order valence-corrected chi connectivity index (χ1v) is 7.15. The minimum atomic E-state index is 0.341. The summed E-state index contributed by atoms with van der Waals surface area (Å²) in [6, 6.07) is 8.17. The highest BCUT2D eigenvalue weighted by molar-refractivity contribution is 9.10. The summed E-state index contributed by atoms with van der Waals surface area (Å²) in [5.41, 5.74) is 2.18. The van der Waals surface area contributed by atoms with Crippen LogP contribution in [0.2, 0.25) is 0 Å². The Hall–Kier alpha value is -1.01. The summed E-state index contributed by atoms with van der Waals surface area (Å²) in [5, 5.41) is 9.20. The molecule has 0 spiro atoms. The van der Waals surface area contributed by atoms with Gasteiger partial charge in [0.2, 0.25) is 0 Å². The molecule has 1 heterocycles. The van der Waals surface area contributed by atoms with E-state index in [1.807, 2.05) is 12.1 Å². The van der Waals surface area contributed by atoms with E-state index < -0.39 is 0 Å². The molecule has 18 heavy (non-hydrogen) atoms. The van der Waals surface area contributed by atoms with Crippen LogP contribution in [-0.2, 0) is 0 Å². The van der Waals surface area contributed by atoms with Crippen molar-refractivity contribution in [2.24, 2.45) is 11.3 Å². The molecule has 96 valence electrons. The van der Waals surface area contributed by atoms with Crippen molar-refractivity contribution in [3.63, 3.8) is 0 Å². The molecule has 0 N–H and O–H groups in total. The zero-order chi connectivity index (χ0) is 13.3. The minimum absolute atomic E-state index is 0.341. The van der Waals surface area contributed by atoms with Gasteiger partial charge in [0, 0.05) is 17.6 Å². The summed E-state index contributed by atoms with van der Waals surface area (Å²) >= 11 is 3.49. The lowest BCUT2D eigenvalue weighted by Gasteiger charge is -2.27. The third kappa shape index (κ3) is 2.70. The van der Waals surface area contributed by atoms with Gasteiger partial charge in [0.15, 0.2) is 0 Å². The summed E-state index contributed by atoms with van der Waals surface area (Å²) in [6.45, 7) is 9.00. The van der Waals surface area contributed by atoms with Crippen LogP contribution >= 0.6 is 15.9 Å². The predicted octanol–water partition coefficient (Wildman–Crippen LogP) is 4.19. The van der Waals surface area contributed by atoms with E-state index in [1.54, 1.807) is 0 Å². The fourth-order valence-electron chi connectivity index (χ4n) is 2.55. The Labute approximate surface area is 118 Å². The number of anilines is 1. The van der Waals surface area contributed by atoms with E-state index in [1.165, 1.54) is 6.42 Å². The molecule has 0 bridgehead atoms. The summed E-state index contributed by atoms with van der Waals surface area (Å²) in [5.74, 6) is 0.697. The Balaban J connectivity index is 2.25. The van der Waals surface area contributed by atoms with Crippen LogP contribution in [0.1, 0.15) is 32.8 Å². The Morgan fingerprint density at radius 2 is 2.11 bits per heavy atom. The number of nitrogens with zero attached hydrogens (tertiary/aromatic N) is 2. The average Bonchev–Trinajstić information content (AvgIpc) is 2.77. The molecule has 0 radical (unpaired) electrons. The topological polar surface area (TPSA) is 27.0 Å². The van der Waals surface area contributed by atoms with E-state index in [0.29, 0.717) is 11.3 Å². The highest BCUT2D eigenvalue weighted by Gasteiger charge is 2.32. The molecule has 1 unspecified atom stereocenters. The Kier molecular flexibility index (Phi) is 3.68. The molecule has 1 fully saturated rings. The fraction of sp³-hybridized carbons (Fsp3) is 0.533. The zero-order valence-electron chi connectivity index (χ0n) is 11.2. The van der Waals surface area contributed by atoms with Gasteiger partial charge in [-0.25, -0.2) is 0 Å². The molecule has 2 rings (SSSR count). The monoisotopic (exact) mass is 306 g/mol. The summed E-state index contributed by atoms with van der Waals surface area (Å²) < 4.78 is 1.04. The van der Waals surface area contributed by atoms with Crippen molar-refractivity contribution in [2.45, 2.75) is 27.2 Å². The molecule has 3 heteroatoms. The Bertz CT molecular complexity index is 482. The maximum atomic E-state index is 9.20. The van der Waals surface area contributed by atoms with Crippen molar-refractivity contribution in [2.75, 3.05) is 18.0 Å². The number of halogens is 1. The quantitative estimate of drug-likeness (QED) is 0.778. The lowest BCUT2D eigenvalue weighted by Crippen LogP contribution is -2.26. The first kappa shape index (κ1) is 13.4. The lowest BCUT2D eigenvalue weighted by atomic mass is 9.80. The van der Waals surface area contributed by atoms with E-state index in [9.17, 15) is 5.26 Å². The number of benzene rings is 1. The second kappa shape index (κ2) is 4.93. The minimum Gasteiger partial charge on any atom is -0.370 e. The molecule has 1 saturated heterocycles. The Morgan fingerprint density at radius 3 is 2.67 bits per heavy atom. The second-order valence-electron chi connectivity index (χ2n) is 6.07. The van der Waals surface area contributed by atoms with Crippen LogP contribution in [0.15, 0.2) is 22.7 Å². The van der Waals surface area contributed by atoms with E-state index in [4.69, 9.17) is 0 Å². The second-order valence-corrected chi connectivity index (χ2v) is 6.99. The van der Waals surface area contributed by atoms with Gasteiger partial charge >= 0.3 is 0 Å². The maximum Gasteiger partial charge on any atom is 0.101 e. The molecule has 2 nitrogen and oxygen atoms in total. The van der Waals surface area contributed by atoms with E-state index in [-0.39, 0.29) is 0 Å². The zero-order valence-corrected chi connectivity index (χ0v) is 12.8. The molecule has 1 aromatic rings. The van der Waals surface area contributed by atoms with Gasteiger partial charge < -0.3 is 4.90 Å². The molecule has 1 aliphatic rings. The molecule has 0 aliphatic carbocycles. The van der Waals surface area contributed by atoms with Gasteiger partial charge in [-0.2, -0.15) is 5.26 Å². The predicted molar refractivity (Wildman–Crippen MR) is 78.6 cm³/mol. The normalized spacial score (nSPS) is 19.9. The number of hydrogen-bond donors (Lipinski definition) is 0. The fourth-order valence-corrected chi connectivity index (χ4v) is 2.90. The van der Waals surface area contributed by atoms with Crippen LogP contribution in [0, 0.1) is 22.7 Å². The van der Waals surface area contributed by atoms with Gasteiger partial charge in [0.1, 0.15) is 6.07 Å². The molecule has 1 aliphatic heterocycles. The smallest absolute Gasteiger partial charge is 0.101 e. The van der Waals surface area contributed by atoms with Crippen LogP contribution in [-0.4, -0.2) is 13.1 Å². The summed E-state index contributed by atoms with van der Waals surface area (Å²) in [7, 11) is 0. The molecule has 0 aromatic heterocycles. The summed E-state index contributed by atoms with van der Waals surface area (Å²) in [6.07, 6.45) is 1.21. The molecule has 1 aromatic carbocycles. The van der Waals surface area contributed by atoms with Gasteiger partial charge in [0.25, 0.3) is 0 Å². The highest BCUT2D eigenvalue weighted by Crippen LogP contribution is 2.37. The van der Waals surface area contributed by atoms with Crippen molar-refractivity contribution in [1.29, 1.82) is 5.26 Å². The molecular formula is C15H19BrN2. The number of rotatable bonds is 1. The molecule has 1 atom stereocenters.